The van der Waals surface area contributed by atoms with Crippen LogP contribution in [0.3, 0.4) is 0 Å². The number of H-pyrrole nitrogens is 1. The van der Waals surface area contributed by atoms with Crippen LogP contribution in [0.1, 0.15) is 36.6 Å². The highest BCUT2D eigenvalue weighted by molar-refractivity contribution is 14.0. The van der Waals surface area contributed by atoms with Gasteiger partial charge < -0.3 is 10.6 Å². The molecular formula is C19H28BrFIN5. The molecule has 0 aliphatic carbocycles. The third-order valence-electron chi connectivity index (χ3n) is 4.08. The van der Waals surface area contributed by atoms with E-state index < -0.39 is 0 Å². The van der Waals surface area contributed by atoms with E-state index >= 15 is 0 Å². The summed E-state index contributed by atoms with van der Waals surface area (Å²) in [7, 11) is 0. The third kappa shape index (κ3) is 8.59. The summed E-state index contributed by atoms with van der Waals surface area (Å²) >= 11 is 3.28. The highest BCUT2D eigenvalue weighted by Crippen LogP contribution is 2.16. The molecule has 0 aliphatic rings. The second-order valence-corrected chi connectivity index (χ2v) is 7.07. The molecule has 8 heteroatoms. The van der Waals surface area contributed by atoms with Gasteiger partial charge in [-0.1, -0.05) is 22.0 Å². The lowest BCUT2D eigenvalue weighted by molar-refractivity contribution is 0.602. The topological polar surface area (TPSA) is 65.1 Å². The number of nitrogens with zero attached hydrogens (tertiary/aromatic N) is 2. The van der Waals surface area contributed by atoms with Gasteiger partial charge in [0.2, 0.25) is 0 Å². The van der Waals surface area contributed by atoms with E-state index in [1.807, 2.05) is 32.2 Å². The molecule has 1 aromatic heterocycles. The molecule has 5 nitrogen and oxygen atoms in total. The van der Waals surface area contributed by atoms with Gasteiger partial charge in [0.25, 0.3) is 0 Å². The minimum Gasteiger partial charge on any atom is -0.357 e. The van der Waals surface area contributed by atoms with Gasteiger partial charge in [-0.05, 0) is 62.8 Å². The molecule has 0 spiro atoms. The first-order valence-corrected chi connectivity index (χ1v) is 9.84. The van der Waals surface area contributed by atoms with Gasteiger partial charge in [0, 0.05) is 29.8 Å². The SMILES string of the molecule is CCNC(=NCCCc1cn[nH]c1C)NCCCc1ccc(Br)cc1F.I. The quantitative estimate of drug-likeness (QED) is 0.188. The van der Waals surface area contributed by atoms with Crippen molar-refractivity contribution in [2.24, 2.45) is 4.99 Å². The molecule has 150 valence electrons. The summed E-state index contributed by atoms with van der Waals surface area (Å²) in [5, 5.41) is 13.6. The average Bonchev–Trinajstić information content (AvgIpc) is 3.02. The molecule has 0 saturated heterocycles. The van der Waals surface area contributed by atoms with E-state index in [9.17, 15) is 4.39 Å². The predicted molar refractivity (Wildman–Crippen MR) is 123 cm³/mol. The summed E-state index contributed by atoms with van der Waals surface area (Å²) in [6.45, 7) is 6.40. The normalized spacial score (nSPS) is 11.2. The van der Waals surface area contributed by atoms with Crippen molar-refractivity contribution in [2.75, 3.05) is 19.6 Å². The van der Waals surface area contributed by atoms with Gasteiger partial charge in [0.15, 0.2) is 5.96 Å². The van der Waals surface area contributed by atoms with E-state index in [-0.39, 0.29) is 29.8 Å². The Bertz CT molecular complexity index is 720. The number of guanidine groups is 1. The van der Waals surface area contributed by atoms with Crippen molar-refractivity contribution >= 4 is 45.9 Å². The van der Waals surface area contributed by atoms with Gasteiger partial charge in [-0.3, -0.25) is 10.1 Å². The fourth-order valence-corrected chi connectivity index (χ4v) is 2.97. The number of rotatable bonds is 9. The lowest BCUT2D eigenvalue weighted by Crippen LogP contribution is -2.38. The van der Waals surface area contributed by atoms with Crippen molar-refractivity contribution in [3.8, 4) is 0 Å². The van der Waals surface area contributed by atoms with Crippen molar-refractivity contribution in [1.82, 2.24) is 20.8 Å². The minimum absolute atomic E-state index is 0. The average molecular weight is 552 g/mol. The van der Waals surface area contributed by atoms with Crippen LogP contribution in [-0.2, 0) is 12.8 Å². The maximum Gasteiger partial charge on any atom is 0.191 e. The maximum atomic E-state index is 13.8. The highest BCUT2D eigenvalue weighted by Gasteiger charge is 2.04. The molecule has 1 heterocycles. The number of hydrogen-bond donors (Lipinski definition) is 3. The Balaban J connectivity index is 0.00000364. The van der Waals surface area contributed by atoms with Crippen molar-refractivity contribution < 1.29 is 4.39 Å². The molecule has 0 radical (unpaired) electrons. The second kappa shape index (κ2) is 13.1. The number of aliphatic imine (C=N–C) groups is 1. The summed E-state index contributed by atoms with van der Waals surface area (Å²) in [4.78, 5) is 4.60. The van der Waals surface area contributed by atoms with E-state index in [1.54, 1.807) is 0 Å². The van der Waals surface area contributed by atoms with Crippen molar-refractivity contribution in [3.05, 3.63) is 51.5 Å². The van der Waals surface area contributed by atoms with Crippen LogP contribution in [0.15, 0.2) is 33.9 Å². The summed E-state index contributed by atoms with van der Waals surface area (Å²) in [6.07, 6.45) is 5.36. The number of hydrogen-bond acceptors (Lipinski definition) is 2. The molecule has 0 atom stereocenters. The standard InChI is InChI=1S/C19H27BrFN5.HI/c1-3-22-19(24-11-5-7-16-13-25-26-14(16)2)23-10-4-6-15-8-9-17(20)12-18(15)21;/h8-9,12-13H,3-7,10-11H2,1-2H3,(H,25,26)(H2,22,23,24);1H. The molecule has 0 fully saturated rings. The molecule has 0 aliphatic heterocycles. The van der Waals surface area contributed by atoms with Gasteiger partial charge >= 0.3 is 0 Å². The molecule has 0 bridgehead atoms. The Morgan fingerprint density at radius 1 is 1.22 bits per heavy atom. The van der Waals surface area contributed by atoms with Crippen LogP contribution in [0.5, 0.6) is 0 Å². The molecule has 0 amide bonds. The van der Waals surface area contributed by atoms with E-state index in [0.717, 1.165) is 60.6 Å². The van der Waals surface area contributed by atoms with Crippen LogP contribution < -0.4 is 10.6 Å². The number of aromatic nitrogens is 2. The molecule has 2 rings (SSSR count). The van der Waals surface area contributed by atoms with E-state index in [0.29, 0.717) is 6.42 Å². The Morgan fingerprint density at radius 3 is 2.67 bits per heavy atom. The molecule has 2 aromatic rings. The molecule has 0 saturated carbocycles. The zero-order valence-electron chi connectivity index (χ0n) is 15.8. The Labute approximate surface area is 186 Å². The van der Waals surface area contributed by atoms with E-state index in [2.05, 4.69) is 41.8 Å². The highest BCUT2D eigenvalue weighted by atomic mass is 127. The second-order valence-electron chi connectivity index (χ2n) is 6.15. The lowest BCUT2D eigenvalue weighted by atomic mass is 10.1. The van der Waals surface area contributed by atoms with Crippen LogP contribution in [0, 0.1) is 12.7 Å². The number of aromatic amines is 1. The largest absolute Gasteiger partial charge is 0.357 e. The van der Waals surface area contributed by atoms with Gasteiger partial charge in [0.05, 0.1) is 6.20 Å². The smallest absolute Gasteiger partial charge is 0.191 e. The van der Waals surface area contributed by atoms with Crippen LogP contribution in [0.2, 0.25) is 0 Å². The fourth-order valence-electron chi connectivity index (χ4n) is 2.64. The number of nitrogens with one attached hydrogen (secondary N) is 3. The number of halogens is 3. The Kier molecular flexibility index (Phi) is 11.6. The van der Waals surface area contributed by atoms with Crippen LogP contribution >= 0.6 is 39.9 Å². The van der Waals surface area contributed by atoms with Crippen LogP contribution in [0.4, 0.5) is 4.39 Å². The zero-order valence-corrected chi connectivity index (χ0v) is 19.7. The Morgan fingerprint density at radius 2 is 2.00 bits per heavy atom. The summed E-state index contributed by atoms with van der Waals surface area (Å²) in [5.41, 5.74) is 3.11. The van der Waals surface area contributed by atoms with Crippen molar-refractivity contribution in [3.63, 3.8) is 0 Å². The number of aryl methyl sites for hydroxylation is 3. The molecule has 1 aromatic carbocycles. The van der Waals surface area contributed by atoms with E-state index in [4.69, 9.17) is 0 Å². The molecular weight excluding hydrogens is 524 g/mol. The van der Waals surface area contributed by atoms with E-state index in [1.165, 1.54) is 11.6 Å². The summed E-state index contributed by atoms with van der Waals surface area (Å²) in [6, 6.07) is 5.21. The van der Waals surface area contributed by atoms with Gasteiger partial charge in [0.1, 0.15) is 5.82 Å². The van der Waals surface area contributed by atoms with Gasteiger partial charge in [-0.25, -0.2) is 4.39 Å². The fraction of sp³-hybridized carbons (Fsp3) is 0.474. The summed E-state index contributed by atoms with van der Waals surface area (Å²) < 4.78 is 14.6. The Hall–Kier alpha value is -1.16. The minimum atomic E-state index is -0.158. The maximum absolute atomic E-state index is 13.8. The van der Waals surface area contributed by atoms with Gasteiger partial charge in [-0.2, -0.15) is 5.10 Å². The van der Waals surface area contributed by atoms with Crippen molar-refractivity contribution in [1.29, 1.82) is 0 Å². The van der Waals surface area contributed by atoms with Gasteiger partial charge in [-0.15, -0.1) is 24.0 Å². The number of benzene rings is 1. The van der Waals surface area contributed by atoms with Crippen LogP contribution in [0.25, 0.3) is 0 Å². The monoisotopic (exact) mass is 551 g/mol. The lowest BCUT2D eigenvalue weighted by Gasteiger charge is -2.11. The van der Waals surface area contributed by atoms with Crippen molar-refractivity contribution in [2.45, 2.75) is 39.5 Å². The third-order valence-corrected chi connectivity index (χ3v) is 4.58. The molecule has 3 N–H and O–H groups in total. The zero-order chi connectivity index (χ0) is 18.8. The first-order valence-electron chi connectivity index (χ1n) is 9.05. The summed E-state index contributed by atoms with van der Waals surface area (Å²) in [5.74, 6) is 0.655. The molecule has 27 heavy (non-hydrogen) atoms. The first kappa shape index (κ1) is 23.9. The van der Waals surface area contributed by atoms with Crippen LogP contribution in [-0.4, -0.2) is 35.8 Å². The predicted octanol–water partition coefficient (Wildman–Crippen LogP) is 4.36. The molecule has 0 unspecified atom stereocenters. The first-order chi connectivity index (χ1) is 12.6.